The molecule has 3 atom stereocenters. The summed E-state index contributed by atoms with van der Waals surface area (Å²) in [5, 5.41) is 5.96. The van der Waals surface area contributed by atoms with Crippen molar-refractivity contribution in [2.45, 2.75) is 84.0 Å². The largest absolute Gasteiger partial charge is 0.489 e. The lowest BCUT2D eigenvalue weighted by atomic mass is 10.0. The number of benzene rings is 2. The summed E-state index contributed by atoms with van der Waals surface area (Å²) in [6, 6.07) is 17.0. The number of rotatable bonds is 14. The quantitative estimate of drug-likeness (QED) is 0.325. The number of amides is 2. The molecule has 0 radical (unpaired) electrons. The Morgan fingerprint density at radius 3 is 2.45 bits per heavy atom. The fourth-order valence-electron chi connectivity index (χ4n) is 4.91. The SMILES string of the molecule is CC(C)CC(N)C(=O)NC(Cc1ccc(OCc2ccccc2)cc1)C(=O)NCCCN1CCCCC1C. The van der Waals surface area contributed by atoms with Gasteiger partial charge >= 0.3 is 0 Å². The topological polar surface area (TPSA) is 96.7 Å². The second-order valence-electron chi connectivity index (χ2n) is 10.9. The molecule has 3 rings (SSSR count). The van der Waals surface area contributed by atoms with Crippen LogP contribution in [0.1, 0.15) is 64.0 Å². The fraction of sp³-hybridized carbons (Fsp3) is 0.548. The third kappa shape index (κ3) is 10.1. The number of likely N-dealkylation sites (tertiary alicyclic amines) is 1. The minimum atomic E-state index is -0.689. The number of carbonyl (C=O) groups is 2. The average Bonchev–Trinajstić information content (AvgIpc) is 2.91. The predicted molar refractivity (Wildman–Crippen MR) is 153 cm³/mol. The number of piperidine rings is 1. The molecule has 208 valence electrons. The molecule has 38 heavy (non-hydrogen) atoms. The predicted octanol–water partition coefficient (Wildman–Crippen LogP) is 4.05. The minimum Gasteiger partial charge on any atom is -0.489 e. The lowest BCUT2D eigenvalue weighted by molar-refractivity contribution is -0.129. The molecule has 0 saturated carbocycles. The van der Waals surface area contributed by atoms with E-state index in [1.807, 2.05) is 68.4 Å². The van der Waals surface area contributed by atoms with Crippen LogP contribution in [0.3, 0.4) is 0 Å². The molecule has 4 N–H and O–H groups in total. The van der Waals surface area contributed by atoms with Crippen molar-refractivity contribution in [2.75, 3.05) is 19.6 Å². The normalized spacial score (nSPS) is 17.6. The number of nitrogens with zero attached hydrogens (tertiary/aromatic N) is 1. The molecule has 1 fully saturated rings. The van der Waals surface area contributed by atoms with Gasteiger partial charge in [0.2, 0.25) is 11.8 Å². The number of nitrogens with one attached hydrogen (secondary N) is 2. The van der Waals surface area contributed by atoms with Gasteiger partial charge in [-0.1, -0.05) is 62.7 Å². The van der Waals surface area contributed by atoms with E-state index in [1.54, 1.807) is 0 Å². The van der Waals surface area contributed by atoms with E-state index in [4.69, 9.17) is 10.5 Å². The van der Waals surface area contributed by atoms with E-state index in [0.717, 1.165) is 36.4 Å². The molecule has 2 aromatic rings. The number of hydrogen-bond acceptors (Lipinski definition) is 5. The van der Waals surface area contributed by atoms with Crippen LogP contribution < -0.4 is 21.1 Å². The van der Waals surface area contributed by atoms with Crippen molar-refractivity contribution >= 4 is 11.8 Å². The Balaban J connectivity index is 1.56. The molecular formula is C31H46N4O3. The van der Waals surface area contributed by atoms with Crippen LogP contribution in [0.2, 0.25) is 0 Å². The second-order valence-corrected chi connectivity index (χ2v) is 10.9. The van der Waals surface area contributed by atoms with E-state index in [1.165, 1.54) is 19.3 Å². The molecule has 1 aliphatic heterocycles. The summed E-state index contributed by atoms with van der Waals surface area (Å²) in [6.07, 6.45) is 5.63. The van der Waals surface area contributed by atoms with Crippen molar-refractivity contribution in [1.82, 2.24) is 15.5 Å². The van der Waals surface area contributed by atoms with Gasteiger partial charge in [-0.25, -0.2) is 0 Å². The molecule has 2 amide bonds. The van der Waals surface area contributed by atoms with Crippen molar-refractivity contribution in [1.29, 1.82) is 0 Å². The highest BCUT2D eigenvalue weighted by Gasteiger charge is 2.25. The zero-order valence-electron chi connectivity index (χ0n) is 23.3. The van der Waals surface area contributed by atoms with Crippen molar-refractivity contribution in [3.05, 3.63) is 65.7 Å². The molecule has 2 aromatic carbocycles. The van der Waals surface area contributed by atoms with E-state index in [2.05, 4.69) is 22.5 Å². The maximum atomic E-state index is 13.2. The van der Waals surface area contributed by atoms with E-state index >= 15 is 0 Å². The third-order valence-corrected chi connectivity index (χ3v) is 7.17. The highest BCUT2D eigenvalue weighted by atomic mass is 16.5. The van der Waals surface area contributed by atoms with Crippen LogP contribution in [-0.2, 0) is 22.6 Å². The van der Waals surface area contributed by atoms with E-state index in [9.17, 15) is 9.59 Å². The van der Waals surface area contributed by atoms with Crippen LogP contribution in [-0.4, -0.2) is 54.5 Å². The van der Waals surface area contributed by atoms with Gasteiger partial charge < -0.3 is 26.0 Å². The first-order valence-electron chi connectivity index (χ1n) is 14.1. The van der Waals surface area contributed by atoms with E-state index in [-0.39, 0.29) is 11.8 Å². The Hall–Kier alpha value is -2.90. The van der Waals surface area contributed by atoms with Crippen LogP contribution in [0.25, 0.3) is 0 Å². The Kier molecular flexibility index (Phi) is 12.1. The molecule has 0 spiro atoms. The van der Waals surface area contributed by atoms with Crippen LogP contribution >= 0.6 is 0 Å². The Bertz CT molecular complexity index is 980. The Labute approximate surface area is 228 Å². The van der Waals surface area contributed by atoms with E-state index in [0.29, 0.717) is 38.0 Å². The number of nitrogens with two attached hydrogens (primary N) is 1. The van der Waals surface area contributed by atoms with Gasteiger partial charge in [0.05, 0.1) is 6.04 Å². The first kappa shape index (κ1) is 29.7. The van der Waals surface area contributed by atoms with Gasteiger partial charge in [-0.15, -0.1) is 0 Å². The summed E-state index contributed by atoms with van der Waals surface area (Å²) < 4.78 is 5.89. The van der Waals surface area contributed by atoms with Crippen LogP contribution in [0.15, 0.2) is 54.6 Å². The highest BCUT2D eigenvalue weighted by molar-refractivity contribution is 5.89. The third-order valence-electron chi connectivity index (χ3n) is 7.17. The molecule has 3 unspecified atom stereocenters. The minimum absolute atomic E-state index is 0.175. The highest BCUT2D eigenvalue weighted by Crippen LogP contribution is 2.17. The first-order chi connectivity index (χ1) is 18.3. The Morgan fingerprint density at radius 2 is 1.76 bits per heavy atom. The monoisotopic (exact) mass is 522 g/mol. The van der Waals surface area contributed by atoms with Gasteiger partial charge in [-0.05, 0) is 68.3 Å². The second kappa shape index (κ2) is 15.5. The van der Waals surface area contributed by atoms with Crippen LogP contribution in [0.5, 0.6) is 5.75 Å². The maximum absolute atomic E-state index is 13.2. The van der Waals surface area contributed by atoms with Gasteiger partial charge in [0.1, 0.15) is 18.4 Å². The molecule has 7 nitrogen and oxygen atoms in total. The smallest absolute Gasteiger partial charge is 0.242 e. The lowest BCUT2D eigenvalue weighted by Gasteiger charge is -2.33. The number of ether oxygens (including phenoxy) is 1. The first-order valence-corrected chi connectivity index (χ1v) is 14.1. The van der Waals surface area contributed by atoms with Crippen LogP contribution in [0, 0.1) is 5.92 Å². The zero-order valence-corrected chi connectivity index (χ0v) is 23.3. The number of carbonyl (C=O) groups excluding carboxylic acids is 2. The Morgan fingerprint density at radius 1 is 1.03 bits per heavy atom. The molecule has 1 heterocycles. The average molecular weight is 523 g/mol. The summed E-state index contributed by atoms with van der Waals surface area (Å²) >= 11 is 0. The fourth-order valence-corrected chi connectivity index (χ4v) is 4.91. The zero-order chi connectivity index (χ0) is 27.3. The molecule has 0 aliphatic carbocycles. The summed E-state index contributed by atoms with van der Waals surface area (Å²) in [7, 11) is 0. The molecule has 7 heteroatoms. The van der Waals surface area contributed by atoms with Crippen molar-refractivity contribution in [3.63, 3.8) is 0 Å². The molecule has 0 aromatic heterocycles. The molecule has 1 aliphatic rings. The van der Waals surface area contributed by atoms with Gasteiger partial charge in [0.15, 0.2) is 0 Å². The standard InChI is InChI=1S/C31H46N4O3/c1-23(2)20-28(32)30(36)34-29(31(37)33-17-9-19-35-18-8-7-10-24(35)3)21-25-13-15-27(16-14-25)38-22-26-11-5-4-6-12-26/h4-6,11-16,23-24,28-29H,7-10,17-22,32H2,1-3H3,(H,33,37)(H,34,36). The molecule has 0 bridgehead atoms. The summed E-state index contributed by atoms with van der Waals surface area (Å²) in [4.78, 5) is 28.5. The summed E-state index contributed by atoms with van der Waals surface area (Å²) in [5.41, 5.74) is 8.15. The van der Waals surface area contributed by atoms with E-state index < -0.39 is 12.1 Å². The van der Waals surface area contributed by atoms with Crippen LogP contribution in [0.4, 0.5) is 0 Å². The van der Waals surface area contributed by atoms with Gasteiger partial charge in [0, 0.05) is 25.6 Å². The lowest BCUT2D eigenvalue weighted by Crippen LogP contribution is -2.53. The summed E-state index contributed by atoms with van der Waals surface area (Å²) in [6.45, 7) is 9.52. The number of hydrogen-bond donors (Lipinski definition) is 3. The maximum Gasteiger partial charge on any atom is 0.242 e. The van der Waals surface area contributed by atoms with Gasteiger partial charge in [-0.3, -0.25) is 9.59 Å². The summed E-state index contributed by atoms with van der Waals surface area (Å²) in [5.74, 6) is 0.590. The molecular weight excluding hydrogens is 476 g/mol. The molecule has 1 saturated heterocycles. The van der Waals surface area contributed by atoms with Crippen molar-refractivity contribution in [2.24, 2.45) is 11.7 Å². The van der Waals surface area contributed by atoms with Crippen molar-refractivity contribution in [3.8, 4) is 5.75 Å². The van der Waals surface area contributed by atoms with Gasteiger partial charge in [0.25, 0.3) is 0 Å². The van der Waals surface area contributed by atoms with Crippen molar-refractivity contribution < 1.29 is 14.3 Å². The van der Waals surface area contributed by atoms with Gasteiger partial charge in [-0.2, -0.15) is 0 Å².